The van der Waals surface area contributed by atoms with Gasteiger partial charge in [0.15, 0.2) is 6.61 Å². The molecule has 0 spiro atoms. The predicted molar refractivity (Wildman–Crippen MR) is 106 cm³/mol. The minimum atomic E-state index is -0.297. The summed E-state index contributed by atoms with van der Waals surface area (Å²) in [5.74, 6) is 0.428. The van der Waals surface area contributed by atoms with Crippen molar-refractivity contribution < 1.29 is 9.53 Å². The van der Waals surface area contributed by atoms with Gasteiger partial charge in [0.1, 0.15) is 5.75 Å². The Morgan fingerprint density at radius 3 is 2.48 bits per heavy atom. The van der Waals surface area contributed by atoms with Crippen LogP contribution in [0.1, 0.15) is 23.6 Å². The fourth-order valence-corrected chi connectivity index (χ4v) is 2.95. The summed E-state index contributed by atoms with van der Waals surface area (Å²) in [7, 11) is 0. The van der Waals surface area contributed by atoms with Gasteiger partial charge in [0.25, 0.3) is 5.91 Å². The molecule has 0 aliphatic rings. The summed E-state index contributed by atoms with van der Waals surface area (Å²) in [5.41, 5.74) is 6.24. The largest absolute Gasteiger partial charge is 0.483 e. The van der Waals surface area contributed by atoms with Crippen LogP contribution in [-0.2, 0) is 4.79 Å². The van der Waals surface area contributed by atoms with E-state index < -0.39 is 0 Å². The lowest BCUT2D eigenvalue weighted by Gasteiger charge is -2.11. The maximum absolute atomic E-state index is 11.9. The Bertz CT molecular complexity index is 776. The number of aryl methyl sites for hydroxylation is 2. The van der Waals surface area contributed by atoms with Crippen molar-refractivity contribution in [2.45, 2.75) is 20.8 Å². The van der Waals surface area contributed by atoms with Crippen molar-refractivity contribution in [3.63, 3.8) is 0 Å². The molecule has 0 aliphatic carbocycles. The number of hydrazone groups is 1. The molecule has 25 heavy (non-hydrogen) atoms. The van der Waals surface area contributed by atoms with E-state index in [2.05, 4.69) is 26.5 Å². The van der Waals surface area contributed by atoms with Gasteiger partial charge in [0.2, 0.25) is 0 Å². The minimum Gasteiger partial charge on any atom is -0.483 e. The van der Waals surface area contributed by atoms with E-state index in [1.807, 2.05) is 75.4 Å². The molecule has 0 bridgehead atoms. The molecule has 0 radical (unpaired) electrons. The molecule has 1 amide bonds. The number of benzene rings is 2. The molecule has 5 heteroatoms. The van der Waals surface area contributed by atoms with Crippen molar-refractivity contribution >= 4 is 33.6 Å². The van der Waals surface area contributed by atoms with Crippen molar-refractivity contribution in [3.8, 4) is 5.75 Å². The van der Waals surface area contributed by atoms with Crippen LogP contribution in [0.4, 0.5) is 0 Å². The molecule has 0 atom stereocenters. The molecule has 0 aromatic heterocycles. The summed E-state index contributed by atoms with van der Waals surface area (Å²) in [5, 5.41) is 4.05. The second-order valence-corrected chi connectivity index (χ2v) is 6.61. The van der Waals surface area contributed by atoms with Gasteiger partial charge in [0, 0.05) is 4.47 Å². The molecule has 2 aromatic rings. The van der Waals surface area contributed by atoms with Crippen LogP contribution >= 0.6 is 15.9 Å². The molecule has 0 aliphatic heterocycles. The highest BCUT2D eigenvalue weighted by molar-refractivity contribution is 9.10. The van der Waals surface area contributed by atoms with E-state index in [0.717, 1.165) is 26.9 Å². The molecule has 0 saturated carbocycles. The van der Waals surface area contributed by atoms with Crippen LogP contribution < -0.4 is 10.2 Å². The number of nitrogens with one attached hydrogen (secondary N) is 1. The van der Waals surface area contributed by atoms with Crippen LogP contribution in [0.5, 0.6) is 5.75 Å². The topological polar surface area (TPSA) is 50.7 Å². The molecule has 0 unspecified atom stereocenters. The maximum Gasteiger partial charge on any atom is 0.277 e. The Kier molecular flexibility index (Phi) is 6.95. The number of carbonyl (C=O) groups excluding carboxylic acids is 1. The van der Waals surface area contributed by atoms with Crippen molar-refractivity contribution in [1.82, 2.24) is 5.43 Å². The Labute approximate surface area is 156 Å². The number of ether oxygens (including phenoxy) is 1. The van der Waals surface area contributed by atoms with Crippen LogP contribution in [0.3, 0.4) is 0 Å². The molecule has 0 saturated heterocycles. The quantitative estimate of drug-likeness (QED) is 0.566. The molecule has 0 heterocycles. The number of carbonyl (C=O) groups is 1. The minimum absolute atomic E-state index is 0.0809. The van der Waals surface area contributed by atoms with E-state index in [0.29, 0.717) is 5.71 Å². The monoisotopic (exact) mass is 400 g/mol. The Morgan fingerprint density at radius 2 is 1.84 bits per heavy atom. The molecule has 4 nitrogen and oxygen atoms in total. The molecule has 0 fully saturated rings. The highest BCUT2D eigenvalue weighted by atomic mass is 79.9. The lowest BCUT2D eigenvalue weighted by Crippen LogP contribution is -2.25. The van der Waals surface area contributed by atoms with Gasteiger partial charge >= 0.3 is 0 Å². The second-order valence-electron chi connectivity index (χ2n) is 5.69. The maximum atomic E-state index is 11.9. The fourth-order valence-electron chi connectivity index (χ4n) is 2.26. The molecule has 2 rings (SSSR count). The Balaban J connectivity index is 1.87. The van der Waals surface area contributed by atoms with Crippen molar-refractivity contribution in [2.75, 3.05) is 6.61 Å². The van der Waals surface area contributed by atoms with Gasteiger partial charge in [-0.2, -0.15) is 5.10 Å². The lowest BCUT2D eigenvalue weighted by atomic mass is 10.1. The molecule has 1 N–H and O–H groups in total. The van der Waals surface area contributed by atoms with Crippen molar-refractivity contribution in [2.24, 2.45) is 5.10 Å². The van der Waals surface area contributed by atoms with Crippen molar-refractivity contribution in [1.29, 1.82) is 0 Å². The van der Waals surface area contributed by atoms with Gasteiger partial charge in [-0.15, -0.1) is 0 Å². The van der Waals surface area contributed by atoms with Crippen LogP contribution in [0.25, 0.3) is 6.08 Å². The second kappa shape index (κ2) is 9.18. The molecule has 2 aromatic carbocycles. The Morgan fingerprint density at radius 1 is 1.20 bits per heavy atom. The first-order valence-corrected chi connectivity index (χ1v) is 8.71. The standard InChI is InChI=1S/C20H21BrN2O2/c1-14-11-18(21)12-15(2)20(14)25-13-19(24)23-22-16(3)9-10-17-7-5-4-6-8-17/h4-12H,13H2,1-3H3,(H,23,24)/b10-9+,22-16-. The lowest BCUT2D eigenvalue weighted by molar-refractivity contribution is -0.123. The number of hydrogen-bond donors (Lipinski definition) is 1. The number of allylic oxidation sites excluding steroid dienone is 1. The van der Waals surface area contributed by atoms with Crippen molar-refractivity contribution in [3.05, 3.63) is 69.7 Å². The fraction of sp³-hybridized carbons (Fsp3) is 0.200. The summed E-state index contributed by atoms with van der Waals surface area (Å²) in [4.78, 5) is 11.9. The van der Waals surface area contributed by atoms with E-state index in [-0.39, 0.29) is 12.5 Å². The number of amides is 1. The first-order valence-electron chi connectivity index (χ1n) is 7.91. The normalized spacial score (nSPS) is 11.6. The zero-order valence-electron chi connectivity index (χ0n) is 14.5. The summed E-state index contributed by atoms with van der Waals surface area (Å²) >= 11 is 3.44. The number of halogens is 1. The zero-order chi connectivity index (χ0) is 18.2. The highest BCUT2D eigenvalue weighted by Gasteiger charge is 2.08. The average molecular weight is 401 g/mol. The van der Waals surface area contributed by atoms with Gasteiger partial charge < -0.3 is 4.74 Å². The molecular formula is C20H21BrN2O2. The first-order chi connectivity index (χ1) is 12.0. The van der Waals surface area contributed by atoms with Crippen LogP contribution in [0.2, 0.25) is 0 Å². The number of rotatable bonds is 6. The van der Waals surface area contributed by atoms with Crippen LogP contribution in [0, 0.1) is 13.8 Å². The summed E-state index contributed by atoms with van der Waals surface area (Å²) in [6.45, 7) is 5.63. The van der Waals surface area contributed by atoms with Gasteiger partial charge in [-0.05, 0) is 55.7 Å². The zero-order valence-corrected chi connectivity index (χ0v) is 16.1. The third-order valence-electron chi connectivity index (χ3n) is 3.45. The average Bonchev–Trinajstić information content (AvgIpc) is 2.58. The first kappa shape index (κ1) is 18.9. The van der Waals surface area contributed by atoms with E-state index in [1.165, 1.54) is 0 Å². The SMILES string of the molecule is CC(/C=C/c1ccccc1)=N/NC(=O)COc1c(C)cc(Br)cc1C. The third kappa shape index (κ3) is 6.19. The smallest absolute Gasteiger partial charge is 0.277 e. The Hall–Kier alpha value is -2.40. The van der Waals surface area contributed by atoms with Gasteiger partial charge in [-0.25, -0.2) is 5.43 Å². The van der Waals surface area contributed by atoms with Gasteiger partial charge in [-0.1, -0.05) is 52.3 Å². The molecular weight excluding hydrogens is 380 g/mol. The van der Waals surface area contributed by atoms with Crippen LogP contribution in [0.15, 0.2) is 58.1 Å². The van der Waals surface area contributed by atoms with E-state index >= 15 is 0 Å². The van der Waals surface area contributed by atoms with E-state index in [1.54, 1.807) is 0 Å². The number of nitrogens with zero attached hydrogens (tertiary/aromatic N) is 1. The summed E-state index contributed by atoms with van der Waals surface area (Å²) < 4.78 is 6.62. The third-order valence-corrected chi connectivity index (χ3v) is 3.90. The van der Waals surface area contributed by atoms with Gasteiger partial charge in [-0.3, -0.25) is 4.79 Å². The van der Waals surface area contributed by atoms with Gasteiger partial charge in [0.05, 0.1) is 5.71 Å². The van der Waals surface area contributed by atoms with E-state index in [4.69, 9.17) is 4.74 Å². The summed E-state index contributed by atoms with van der Waals surface area (Å²) in [6, 6.07) is 13.8. The highest BCUT2D eigenvalue weighted by Crippen LogP contribution is 2.27. The number of hydrogen-bond acceptors (Lipinski definition) is 3. The molecule has 130 valence electrons. The van der Waals surface area contributed by atoms with E-state index in [9.17, 15) is 4.79 Å². The summed E-state index contributed by atoms with van der Waals surface area (Å²) in [6.07, 6.45) is 3.79. The predicted octanol–water partition coefficient (Wildman–Crippen LogP) is 4.65. The van der Waals surface area contributed by atoms with Crippen LogP contribution in [-0.4, -0.2) is 18.2 Å².